The zero-order valence-corrected chi connectivity index (χ0v) is 12.7. The molecule has 5 nitrogen and oxygen atoms in total. The van der Waals surface area contributed by atoms with Crippen LogP contribution in [-0.2, 0) is 0 Å². The van der Waals surface area contributed by atoms with Crippen LogP contribution in [0.15, 0.2) is 36.0 Å². The van der Waals surface area contributed by atoms with Crippen molar-refractivity contribution in [2.24, 2.45) is 0 Å². The molecule has 0 saturated heterocycles. The number of halogens is 2. The molecule has 8 heteroatoms. The van der Waals surface area contributed by atoms with Gasteiger partial charge in [0.2, 0.25) is 0 Å². The molecule has 0 saturated carbocycles. The summed E-state index contributed by atoms with van der Waals surface area (Å²) in [5.41, 5.74) is 1.02. The van der Waals surface area contributed by atoms with Crippen LogP contribution in [0.3, 0.4) is 0 Å². The van der Waals surface area contributed by atoms with E-state index in [2.05, 4.69) is 10.1 Å². The van der Waals surface area contributed by atoms with Gasteiger partial charge in [-0.05, 0) is 18.2 Å². The lowest BCUT2D eigenvalue weighted by Gasteiger charge is -2.02. The maximum absolute atomic E-state index is 11.4. The SMILES string of the molecule is O=C(O)c1cn(-c2ccc(Cl)c(Cl)c2)nc1-c1nccs1. The van der Waals surface area contributed by atoms with Crippen molar-refractivity contribution in [1.29, 1.82) is 0 Å². The van der Waals surface area contributed by atoms with E-state index in [4.69, 9.17) is 23.2 Å². The molecule has 0 fully saturated rings. The Hall–Kier alpha value is -1.89. The first-order valence-corrected chi connectivity index (χ1v) is 7.38. The molecule has 0 radical (unpaired) electrons. The van der Waals surface area contributed by atoms with Crippen LogP contribution >= 0.6 is 34.5 Å². The third kappa shape index (κ3) is 2.65. The number of hydrogen-bond donors (Lipinski definition) is 1. The van der Waals surface area contributed by atoms with Crippen molar-refractivity contribution in [2.75, 3.05) is 0 Å². The van der Waals surface area contributed by atoms with E-state index in [-0.39, 0.29) is 5.56 Å². The van der Waals surface area contributed by atoms with Crippen molar-refractivity contribution in [3.05, 3.63) is 51.6 Å². The van der Waals surface area contributed by atoms with E-state index in [0.29, 0.717) is 26.4 Å². The highest BCUT2D eigenvalue weighted by atomic mass is 35.5. The molecule has 1 N–H and O–H groups in total. The number of carbonyl (C=O) groups is 1. The van der Waals surface area contributed by atoms with Crippen LogP contribution in [0.2, 0.25) is 10.0 Å². The largest absolute Gasteiger partial charge is 0.478 e. The standard InChI is InChI=1S/C13H7Cl2N3O2S/c14-9-2-1-7(5-10(9)15)18-6-8(13(19)20)11(17-18)12-16-3-4-21-12/h1-6H,(H,19,20). The summed E-state index contributed by atoms with van der Waals surface area (Å²) in [5.74, 6) is -1.06. The van der Waals surface area contributed by atoms with Crippen LogP contribution < -0.4 is 0 Å². The minimum atomic E-state index is -1.06. The minimum absolute atomic E-state index is 0.0797. The van der Waals surface area contributed by atoms with Crippen LogP contribution in [0.25, 0.3) is 16.4 Å². The van der Waals surface area contributed by atoms with E-state index in [1.165, 1.54) is 22.2 Å². The van der Waals surface area contributed by atoms with Gasteiger partial charge in [-0.3, -0.25) is 0 Å². The van der Waals surface area contributed by atoms with Crippen molar-refractivity contribution in [1.82, 2.24) is 14.8 Å². The maximum Gasteiger partial charge on any atom is 0.339 e. The van der Waals surface area contributed by atoms with Crippen LogP contribution in [0.1, 0.15) is 10.4 Å². The monoisotopic (exact) mass is 339 g/mol. The number of hydrogen-bond acceptors (Lipinski definition) is 4. The Bertz CT molecular complexity index is 815. The summed E-state index contributed by atoms with van der Waals surface area (Å²) >= 11 is 13.2. The van der Waals surface area contributed by atoms with Gasteiger partial charge in [0.15, 0.2) is 0 Å². The zero-order valence-electron chi connectivity index (χ0n) is 10.3. The van der Waals surface area contributed by atoms with E-state index in [9.17, 15) is 9.90 Å². The van der Waals surface area contributed by atoms with Crippen molar-refractivity contribution in [3.63, 3.8) is 0 Å². The molecule has 0 aliphatic carbocycles. The Labute approximate surface area is 133 Å². The van der Waals surface area contributed by atoms with Crippen molar-refractivity contribution >= 4 is 40.5 Å². The second-order valence-corrected chi connectivity index (χ2v) is 5.79. The zero-order chi connectivity index (χ0) is 15.0. The highest BCUT2D eigenvalue weighted by Gasteiger charge is 2.19. The first-order chi connectivity index (χ1) is 10.1. The summed E-state index contributed by atoms with van der Waals surface area (Å²) in [6.45, 7) is 0. The molecule has 3 aromatic rings. The fraction of sp³-hybridized carbons (Fsp3) is 0. The van der Waals surface area contributed by atoms with Crippen LogP contribution in [0.4, 0.5) is 0 Å². The third-order valence-electron chi connectivity index (χ3n) is 2.75. The van der Waals surface area contributed by atoms with Crippen LogP contribution in [0.5, 0.6) is 0 Å². The van der Waals surface area contributed by atoms with Gasteiger partial charge in [-0.15, -0.1) is 11.3 Å². The molecule has 0 atom stereocenters. The molecule has 2 aromatic heterocycles. The Morgan fingerprint density at radius 2 is 2.10 bits per heavy atom. The number of rotatable bonds is 3. The van der Waals surface area contributed by atoms with E-state index in [1.807, 2.05) is 0 Å². The molecule has 1 aromatic carbocycles. The molecular weight excluding hydrogens is 333 g/mol. The van der Waals surface area contributed by atoms with Gasteiger partial charge in [-0.1, -0.05) is 23.2 Å². The van der Waals surface area contributed by atoms with Gasteiger partial charge in [0.05, 0.1) is 15.7 Å². The van der Waals surface area contributed by atoms with Gasteiger partial charge in [0.25, 0.3) is 0 Å². The highest BCUT2D eigenvalue weighted by molar-refractivity contribution is 7.13. The molecule has 0 aliphatic rings. The summed E-state index contributed by atoms with van der Waals surface area (Å²) in [6.07, 6.45) is 3.03. The summed E-state index contributed by atoms with van der Waals surface area (Å²) in [6, 6.07) is 4.96. The molecule has 21 heavy (non-hydrogen) atoms. The quantitative estimate of drug-likeness (QED) is 0.782. The van der Waals surface area contributed by atoms with E-state index in [0.717, 1.165) is 0 Å². The number of nitrogens with zero attached hydrogens (tertiary/aromatic N) is 3. The molecule has 2 heterocycles. The fourth-order valence-corrected chi connectivity index (χ4v) is 2.72. The Morgan fingerprint density at radius 1 is 1.29 bits per heavy atom. The fourth-order valence-electron chi connectivity index (χ4n) is 1.79. The molecule has 0 amide bonds. The number of aromatic nitrogens is 3. The van der Waals surface area contributed by atoms with Crippen molar-refractivity contribution in [3.8, 4) is 16.4 Å². The first kappa shape index (κ1) is 14.1. The molecule has 0 unspecified atom stereocenters. The third-order valence-corrected chi connectivity index (χ3v) is 4.27. The topological polar surface area (TPSA) is 68.0 Å². The number of carboxylic acids is 1. The van der Waals surface area contributed by atoms with Gasteiger partial charge in [0.1, 0.15) is 16.3 Å². The number of benzene rings is 1. The summed E-state index contributed by atoms with van der Waals surface area (Å²) in [5, 5.41) is 16.7. The van der Waals surface area contributed by atoms with E-state index in [1.54, 1.807) is 29.8 Å². The molecule has 0 aliphatic heterocycles. The average molecular weight is 340 g/mol. The molecule has 0 bridgehead atoms. The second-order valence-electron chi connectivity index (χ2n) is 4.08. The van der Waals surface area contributed by atoms with Gasteiger partial charge in [-0.25, -0.2) is 14.5 Å². The Morgan fingerprint density at radius 3 is 2.71 bits per heavy atom. The van der Waals surface area contributed by atoms with Gasteiger partial charge in [-0.2, -0.15) is 5.10 Å². The first-order valence-electron chi connectivity index (χ1n) is 5.74. The lowest BCUT2D eigenvalue weighted by atomic mass is 10.2. The van der Waals surface area contributed by atoms with Crippen molar-refractivity contribution in [2.45, 2.75) is 0 Å². The lowest BCUT2D eigenvalue weighted by Crippen LogP contribution is -1.96. The second kappa shape index (κ2) is 5.48. The number of carboxylic acid groups (broad SMARTS) is 1. The smallest absolute Gasteiger partial charge is 0.339 e. The Kier molecular flexibility index (Phi) is 3.67. The summed E-state index contributed by atoms with van der Waals surface area (Å²) in [7, 11) is 0. The average Bonchev–Trinajstić information content (AvgIpc) is 3.09. The van der Waals surface area contributed by atoms with Crippen molar-refractivity contribution < 1.29 is 9.90 Å². The number of thiazole rings is 1. The summed E-state index contributed by atoms with van der Waals surface area (Å²) in [4.78, 5) is 15.5. The normalized spacial score (nSPS) is 10.8. The molecule has 106 valence electrons. The molecule has 0 spiro atoms. The lowest BCUT2D eigenvalue weighted by molar-refractivity contribution is 0.0697. The Balaban J connectivity index is 2.14. The predicted octanol–water partition coefficient (Wildman–Crippen LogP) is 4.00. The minimum Gasteiger partial charge on any atom is -0.478 e. The molecular formula is C13H7Cl2N3O2S. The maximum atomic E-state index is 11.4. The number of aromatic carboxylic acids is 1. The van der Waals surface area contributed by atoms with Gasteiger partial charge in [0, 0.05) is 17.8 Å². The van der Waals surface area contributed by atoms with Crippen LogP contribution in [-0.4, -0.2) is 25.8 Å². The highest BCUT2D eigenvalue weighted by Crippen LogP contribution is 2.28. The van der Waals surface area contributed by atoms with Gasteiger partial charge < -0.3 is 5.11 Å². The van der Waals surface area contributed by atoms with E-state index < -0.39 is 5.97 Å². The van der Waals surface area contributed by atoms with E-state index >= 15 is 0 Å². The van der Waals surface area contributed by atoms with Crippen LogP contribution in [0, 0.1) is 0 Å². The molecule has 3 rings (SSSR count). The summed E-state index contributed by atoms with van der Waals surface area (Å²) < 4.78 is 1.45. The predicted molar refractivity (Wildman–Crippen MR) is 81.7 cm³/mol. The van der Waals surface area contributed by atoms with Gasteiger partial charge >= 0.3 is 5.97 Å².